The van der Waals surface area contributed by atoms with Crippen molar-refractivity contribution >= 4 is 17.2 Å². The number of carbonyl (C=O) groups is 1. The van der Waals surface area contributed by atoms with Crippen molar-refractivity contribution in [1.82, 2.24) is 4.57 Å². The van der Waals surface area contributed by atoms with E-state index in [0.717, 1.165) is 22.9 Å². The number of rotatable bonds is 2. The van der Waals surface area contributed by atoms with Gasteiger partial charge in [0.25, 0.3) is 0 Å². The predicted octanol–water partition coefficient (Wildman–Crippen LogP) is 2.06. The Morgan fingerprint density at radius 2 is 2.21 bits per heavy atom. The smallest absolute Gasteiger partial charge is 0.125 e. The third kappa shape index (κ3) is 1.31. The summed E-state index contributed by atoms with van der Waals surface area (Å²) < 4.78 is 14.8. The van der Waals surface area contributed by atoms with Crippen molar-refractivity contribution in [2.24, 2.45) is 7.05 Å². The van der Waals surface area contributed by atoms with Gasteiger partial charge in [-0.15, -0.1) is 0 Å². The molecule has 0 aliphatic rings. The lowest BCUT2D eigenvalue weighted by molar-refractivity contribution is -0.107. The minimum Gasteiger partial charge on any atom is -0.347 e. The van der Waals surface area contributed by atoms with E-state index < -0.39 is 0 Å². The number of aldehydes is 1. The molecule has 14 heavy (non-hydrogen) atoms. The average Bonchev–Trinajstić information content (AvgIpc) is 2.46. The zero-order valence-electron chi connectivity index (χ0n) is 7.83. The van der Waals surface area contributed by atoms with Gasteiger partial charge in [0.05, 0.1) is 5.52 Å². The van der Waals surface area contributed by atoms with Gasteiger partial charge in [-0.3, -0.25) is 0 Å². The molecule has 0 N–H and O–H groups in total. The number of carbonyl (C=O) groups excluding carboxylic acids is 1. The summed E-state index contributed by atoms with van der Waals surface area (Å²) in [7, 11) is 1.83. The maximum absolute atomic E-state index is 12.9. The lowest BCUT2D eigenvalue weighted by Crippen LogP contribution is -1.96. The summed E-state index contributed by atoms with van der Waals surface area (Å²) in [4.78, 5) is 10.4. The molecule has 1 heterocycles. The first-order valence-corrected chi connectivity index (χ1v) is 4.40. The first kappa shape index (κ1) is 8.94. The van der Waals surface area contributed by atoms with E-state index in [1.807, 2.05) is 17.7 Å². The van der Waals surface area contributed by atoms with Crippen molar-refractivity contribution in [3.63, 3.8) is 0 Å². The second kappa shape index (κ2) is 3.25. The van der Waals surface area contributed by atoms with Crippen LogP contribution in [-0.4, -0.2) is 10.9 Å². The van der Waals surface area contributed by atoms with Crippen LogP contribution in [0.15, 0.2) is 24.3 Å². The van der Waals surface area contributed by atoms with Crippen molar-refractivity contribution in [1.29, 1.82) is 0 Å². The largest absolute Gasteiger partial charge is 0.347 e. The van der Waals surface area contributed by atoms with Gasteiger partial charge in [-0.25, -0.2) is 4.39 Å². The second-order valence-corrected chi connectivity index (χ2v) is 3.27. The van der Waals surface area contributed by atoms with E-state index in [0.29, 0.717) is 6.42 Å². The Bertz CT molecular complexity index is 487. The molecule has 0 aliphatic heterocycles. The maximum atomic E-state index is 12.9. The van der Waals surface area contributed by atoms with Gasteiger partial charge < -0.3 is 9.36 Å². The summed E-state index contributed by atoms with van der Waals surface area (Å²) in [6, 6.07) is 6.53. The SMILES string of the molecule is Cn1c(CC=O)cc2ccc(F)cc21. The molecule has 0 saturated heterocycles. The van der Waals surface area contributed by atoms with Gasteiger partial charge in [0.1, 0.15) is 12.1 Å². The molecule has 0 aliphatic carbocycles. The molecule has 2 rings (SSSR count). The van der Waals surface area contributed by atoms with E-state index >= 15 is 0 Å². The Labute approximate surface area is 81.0 Å². The van der Waals surface area contributed by atoms with Gasteiger partial charge in [-0.2, -0.15) is 0 Å². The van der Waals surface area contributed by atoms with Crippen molar-refractivity contribution in [3.8, 4) is 0 Å². The quantitative estimate of drug-likeness (QED) is 0.666. The normalized spacial score (nSPS) is 10.7. The van der Waals surface area contributed by atoms with Crippen LogP contribution in [0.1, 0.15) is 5.69 Å². The fraction of sp³-hybridized carbons (Fsp3) is 0.182. The standard InChI is InChI=1S/C11H10FNO/c1-13-10(4-5-14)6-8-2-3-9(12)7-11(8)13/h2-3,5-7H,4H2,1H3. The number of hydrogen-bond acceptors (Lipinski definition) is 1. The molecule has 0 unspecified atom stereocenters. The third-order valence-corrected chi connectivity index (χ3v) is 2.40. The minimum atomic E-state index is -0.253. The first-order chi connectivity index (χ1) is 6.72. The highest BCUT2D eigenvalue weighted by molar-refractivity contribution is 5.82. The number of benzene rings is 1. The molecular weight excluding hydrogens is 181 g/mol. The predicted molar refractivity (Wildman–Crippen MR) is 52.6 cm³/mol. The van der Waals surface area contributed by atoms with Crippen LogP contribution in [0.3, 0.4) is 0 Å². The molecule has 0 bridgehead atoms. The van der Waals surface area contributed by atoms with Crippen LogP contribution in [-0.2, 0) is 18.3 Å². The van der Waals surface area contributed by atoms with Gasteiger partial charge in [0.15, 0.2) is 0 Å². The molecule has 0 spiro atoms. The molecular formula is C11H10FNO. The maximum Gasteiger partial charge on any atom is 0.125 e. The van der Waals surface area contributed by atoms with Crippen molar-refractivity contribution in [2.45, 2.75) is 6.42 Å². The Hall–Kier alpha value is -1.64. The highest BCUT2D eigenvalue weighted by Crippen LogP contribution is 2.19. The van der Waals surface area contributed by atoms with Crippen molar-refractivity contribution in [2.75, 3.05) is 0 Å². The monoisotopic (exact) mass is 191 g/mol. The van der Waals surface area contributed by atoms with Crippen molar-refractivity contribution < 1.29 is 9.18 Å². The molecule has 0 amide bonds. The number of hydrogen-bond donors (Lipinski definition) is 0. The van der Waals surface area contributed by atoms with E-state index in [1.54, 1.807) is 6.07 Å². The molecule has 2 nitrogen and oxygen atoms in total. The number of halogens is 1. The van der Waals surface area contributed by atoms with Crippen LogP contribution in [0, 0.1) is 5.82 Å². The fourth-order valence-corrected chi connectivity index (χ4v) is 1.64. The van der Waals surface area contributed by atoms with Gasteiger partial charge in [-0.05, 0) is 24.3 Å². The van der Waals surface area contributed by atoms with Crippen LogP contribution in [0.4, 0.5) is 4.39 Å². The summed E-state index contributed by atoms with van der Waals surface area (Å²) in [5.74, 6) is -0.253. The molecule has 0 atom stereocenters. The Balaban J connectivity index is 2.67. The second-order valence-electron chi connectivity index (χ2n) is 3.27. The molecule has 2 aromatic rings. The molecule has 0 radical (unpaired) electrons. The summed E-state index contributed by atoms with van der Waals surface area (Å²) in [5, 5.41) is 0.964. The van der Waals surface area contributed by atoms with Crippen LogP contribution < -0.4 is 0 Å². The Morgan fingerprint density at radius 3 is 2.93 bits per heavy atom. The molecule has 72 valence electrons. The van der Waals surface area contributed by atoms with E-state index in [-0.39, 0.29) is 5.82 Å². The number of aryl methyl sites for hydroxylation is 1. The summed E-state index contributed by atoms with van der Waals surface area (Å²) in [5.41, 5.74) is 1.72. The third-order valence-electron chi connectivity index (χ3n) is 2.40. The molecule has 0 fully saturated rings. The van der Waals surface area contributed by atoms with Crippen LogP contribution in [0.5, 0.6) is 0 Å². The van der Waals surface area contributed by atoms with Crippen LogP contribution in [0.2, 0.25) is 0 Å². The van der Waals surface area contributed by atoms with Crippen LogP contribution >= 0.6 is 0 Å². The van der Waals surface area contributed by atoms with Gasteiger partial charge in [0.2, 0.25) is 0 Å². The number of fused-ring (bicyclic) bond motifs is 1. The lowest BCUT2D eigenvalue weighted by Gasteiger charge is -1.99. The summed E-state index contributed by atoms with van der Waals surface area (Å²) >= 11 is 0. The fourth-order valence-electron chi connectivity index (χ4n) is 1.64. The molecule has 0 saturated carbocycles. The molecule has 1 aromatic carbocycles. The summed E-state index contributed by atoms with van der Waals surface area (Å²) in [6.07, 6.45) is 1.22. The summed E-state index contributed by atoms with van der Waals surface area (Å²) in [6.45, 7) is 0. The average molecular weight is 191 g/mol. The topological polar surface area (TPSA) is 22.0 Å². The van der Waals surface area contributed by atoms with Crippen LogP contribution in [0.25, 0.3) is 10.9 Å². The van der Waals surface area contributed by atoms with Gasteiger partial charge in [-0.1, -0.05) is 0 Å². The molecule has 3 heteroatoms. The first-order valence-electron chi connectivity index (χ1n) is 4.40. The zero-order chi connectivity index (χ0) is 10.1. The van der Waals surface area contributed by atoms with Gasteiger partial charge >= 0.3 is 0 Å². The highest BCUT2D eigenvalue weighted by Gasteiger charge is 2.05. The Morgan fingerprint density at radius 1 is 1.43 bits per heavy atom. The van der Waals surface area contributed by atoms with E-state index in [4.69, 9.17) is 0 Å². The highest BCUT2D eigenvalue weighted by atomic mass is 19.1. The zero-order valence-corrected chi connectivity index (χ0v) is 7.83. The van der Waals surface area contributed by atoms with Gasteiger partial charge in [0, 0.05) is 24.5 Å². The number of aromatic nitrogens is 1. The Kier molecular flexibility index (Phi) is 2.08. The number of nitrogens with zero attached hydrogens (tertiary/aromatic N) is 1. The van der Waals surface area contributed by atoms with E-state index in [2.05, 4.69) is 0 Å². The minimum absolute atomic E-state index is 0.253. The van der Waals surface area contributed by atoms with E-state index in [9.17, 15) is 9.18 Å². The molecule has 1 aromatic heterocycles. The van der Waals surface area contributed by atoms with E-state index in [1.165, 1.54) is 12.1 Å². The lowest BCUT2D eigenvalue weighted by atomic mass is 10.2. The van der Waals surface area contributed by atoms with Crippen molar-refractivity contribution in [3.05, 3.63) is 35.8 Å².